The molecule has 4 aliphatic heterocycles. The van der Waals surface area contributed by atoms with E-state index >= 15 is 0 Å². The molecule has 0 bridgehead atoms. The van der Waals surface area contributed by atoms with Crippen LogP contribution in [-0.2, 0) is 51.8 Å². The van der Waals surface area contributed by atoms with Crippen molar-refractivity contribution in [2.45, 2.75) is 113 Å². The van der Waals surface area contributed by atoms with Crippen LogP contribution in [0.25, 0.3) is 0 Å². The van der Waals surface area contributed by atoms with Crippen LogP contribution in [0.15, 0.2) is 152 Å². The van der Waals surface area contributed by atoms with Crippen molar-refractivity contribution in [3.8, 4) is 0 Å². The van der Waals surface area contributed by atoms with Gasteiger partial charge in [0.15, 0.2) is 39.4 Å². The molecule has 5 aromatic rings. The van der Waals surface area contributed by atoms with Gasteiger partial charge in [0.25, 0.3) is 0 Å². The summed E-state index contributed by atoms with van der Waals surface area (Å²) in [5, 5.41) is -0.307. The number of rotatable bonds is 12. The number of hydrogen-bond acceptors (Lipinski definition) is 14. The SMILES string of the molecule is CC(C)(C)[Si](C)(C)O[C@@H]1[C@@H](OC(=O)c2ccccc2)[C@H](O[C@@H]2[C@@H](OC(=O)c3ccccc3)[C@@H](OC(=O)c3ccccc3)O[C@@H]3CO[C@@H](c4ccccc4)O[C@@H]23)O[C@@H]2CO[C@@H](c3ccccc3)O[C@@H]12. The molecule has 0 N–H and O–H groups in total. The van der Waals surface area contributed by atoms with Gasteiger partial charge < -0.3 is 51.8 Å². The van der Waals surface area contributed by atoms with Crippen LogP contribution in [0.5, 0.6) is 0 Å². The minimum Gasteiger partial charge on any atom is -0.450 e. The van der Waals surface area contributed by atoms with Gasteiger partial charge in [-0.15, -0.1) is 0 Å². The van der Waals surface area contributed by atoms with E-state index < -0.39 is 100 Å². The number of ether oxygens (including phenoxy) is 10. The molecule has 0 amide bonds. The van der Waals surface area contributed by atoms with Crippen LogP contribution in [0.3, 0.4) is 0 Å². The van der Waals surface area contributed by atoms with Crippen molar-refractivity contribution in [2.75, 3.05) is 13.2 Å². The predicted molar refractivity (Wildman–Crippen MR) is 247 cm³/mol. The van der Waals surface area contributed by atoms with E-state index in [9.17, 15) is 14.4 Å². The predicted octanol–water partition coefficient (Wildman–Crippen LogP) is 8.75. The van der Waals surface area contributed by atoms with Crippen molar-refractivity contribution in [3.63, 3.8) is 0 Å². The fourth-order valence-corrected chi connectivity index (χ4v) is 9.65. The first-order valence-electron chi connectivity index (χ1n) is 22.9. The topological polar surface area (TPSA) is 153 Å². The lowest BCUT2D eigenvalue weighted by Gasteiger charge is -2.53. The highest BCUT2D eigenvalue weighted by Gasteiger charge is 2.60. The molecule has 4 fully saturated rings. The Kier molecular flexibility index (Phi) is 14.4. The molecule has 12 atom stereocenters. The number of benzene rings is 5. The third-order valence-electron chi connectivity index (χ3n) is 13.0. The minimum absolute atomic E-state index is 0.0366. The maximum atomic E-state index is 14.4. The zero-order valence-electron chi connectivity index (χ0n) is 38.5. The van der Waals surface area contributed by atoms with Gasteiger partial charge in [-0.3, -0.25) is 0 Å². The first kappa shape index (κ1) is 47.5. The Morgan fingerprint density at radius 2 is 0.838 bits per heavy atom. The first-order valence-corrected chi connectivity index (χ1v) is 25.8. The van der Waals surface area contributed by atoms with Gasteiger partial charge in [-0.05, 0) is 54.5 Å². The summed E-state index contributed by atoms with van der Waals surface area (Å²) in [5.74, 6) is -2.16. The molecule has 14 nitrogen and oxygen atoms in total. The van der Waals surface area contributed by atoms with E-state index in [0.29, 0.717) is 5.56 Å². The third kappa shape index (κ3) is 10.5. The molecule has 0 saturated carbocycles. The average molecular weight is 945 g/mol. The van der Waals surface area contributed by atoms with Gasteiger partial charge >= 0.3 is 17.9 Å². The lowest BCUT2D eigenvalue weighted by Crippen LogP contribution is -2.69. The summed E-state index contributed by atoms with van der Waals surface area (Å²) in [7, 11) is -2.74. The molecule has 0 radical (unpaired) electrons. The number of esters is 3. The van der Waals surface area contributed by atoms with E-state index in [-0.39, 0.29) is 34.9 Å². The van der Waals surface area contributed by atoms with Crippen LogP contribution >= 0.6 is 0 Å². The second-order valence-electron chi connectivity index (χ2n) is 18.6. The van der Waals surface area contributed by atoms with Crippen molar-refractivity contribution in [3.05, 3.63) is 179 Å². The Labute approximate surface area is 396 Å². The highest BCUT2D eigenvalue weighted by molar-refractivity contribution is 6.74. The summed E-state index contributed by atoms with van der Waals surface area (Å²) < 4.78 is 73.0. The molecular weight excluding hydrogens is 889 g/mol. The fraction of sp³-hybridized carbons (Fsp3) is 0.377. The maximum Gasteiger partial charge on any atom is 0.340 e. The van der Waals surface area contributed by atoms with E-state index in [0.717, 1.165) is 5.56 Å². The average Bonchev–Trinajstić information content (AvgIpc) is 3.36. The third-order valence-corrected chi connectivity index (χ3v) is 17.5. The molecular formula is C53H56O14Si. The van der Waals surface area contributed by atoms with Crippen molar-refractivity contribution in [1.29, 1.82) is 0 Å². The van der Waals surface area contributed by atoms with Gasteiger partial charge in [-0.25, -0.2) is 14.4 Å². The molecule has 0 aromatic heterocycles. The standard InChI is InChI=1S/C53H56O14Si/c1-53(2,3)68(4,5)67-43-41-39(32-58-50(64-41)37-29-19-10-20-30-37)59-51(45(43)62-47(55)34-23-13-7-14-24-34)65-42-40-38(31-57-49(63-40)36-27-17-9-18-28-36)60-52(66-48(56)35-25-15-8-16-26-35)44(42)61-46(54)33-21-11-6-12-22-33/h6-30,38-45,49-52H,31-32H2,1-5H3/t38-,39-,40-,41-,42+,43+,44-,45-,49-,50-,51+,52-/m1/s1. The summed E-state index contributed by atoms with van der Waals surface area (Å²) in [6.45, 7) is 10.6. The lowest BCUT2D eigenvalue weighted by atomic mass is 9.95. The number of fused-ring (bicyclic) bond motifs is 2. The molecule has 4 saturated heterocycles. The van der Waals surface area contributed by atoms with E-state index in [1.54, 1.807) is 91.0 Å². The lowest BCUT2D eigenvalue weighted by molar-refractivity contribution is -0.399. The quantitative estimate of drug-likeness (QED) is 0.0666. The number of hydrogen-bond donors (Lipinski definition) is 0. The summed E-state index contributed by atoms with van der Waals surface area (Å²) in [5.41, 5.74) is 2.22. The molecule has 356 valence electrons. The maximum absolute atomic E-state index is 14.4. The highest BCUT2D eigenvalue weighted by Crippen LogP contribution is 2.45. The minimum atomic E-state index is -2.74. The molecule has 0 spiro atoms. The molecule has 9 rings (SSSR count). The molecule has 68 heavy (non-hydrogen) atoms. The van der Waals surface area contributed by atoms with Crippen molar-refractivity contribution in [2.24, 2.45) is 0 Å². The Hall–Kier alpha value is -5.59. The second kappa shape index (κ2) is 20.6. The normalized spacial score (nSPS) is 29.4. The second-order valence-corrected chi connectivity index (χ2v) is 23.4. The van der Waals surface area contributed by atoms with Crippen LogP contribution in [0.2, 0.25) is 18.1 Å². The van der Waals surface area contributed by atoms with E-state index in [1.807, 2.05) is 60.7 Å². The Morgan fingerprint density at radius 1 is 0.471 bits per heavy atom. The molecule has 15 heteroatoms. The van der Waals surface area contributed by atoms with Gasteiger partial charge in [0, 0.05) is 11.1 Å². The van der Waals surface area contributed by atoms with Gasteiger partial charge in [0.05, 0.1) is 29.9 Å². The molecule has 0 unspecified atom stereocenters. The zero-order chi connectivity index (χ0) is 47.4. The van der Waals surface area contributed by atoms with Gasteiger partial charge in [-0.1, -0.05) is 136 Å². The molecule has 4 aliphatic rings. The van der Waals surface area contributed by atoms with Gasteiger partial charge in [-0.2, -0.15) is 0 Å². The molecule has 5 aromatic carbocycles. The first-order chi connectivity index (χ1) is 32.8. The van der Waals surface area contributed by atoms with E-state index in [1.165, 1.54) is 0 Å². The van der Waals surface area contributed by atoms with Crippen LogP contribution in [0.1, 0.15) is 75.6 Å². The van der Waals surface area contributed by atoms with Gasteiger partial charge in [0.2, 0.25) is 6.29 Å². The van der Waals surface area contributed by atoms with Crippen molar-refractivity contribution < 1.29 is 66.2 Å². The number of carbonyl (C=O) groups is 3. The Morgan fingerprint density at radius 3 is 1.26 bits per heavy atom. The van der Waals surface area contributed by atoms with Crippen molar-refractivity contribution in [1.82, 2.24) is 0 Å². The summed E-state index contributed by atoms with van der Waals surface area (Å²) >= 11 is 0. The monoisotopic (exact) mass is 944 g/mol. The van der Waals surface area contributed by atoms with E-state index in [2.05, 4.69) is 33.9 Å². The Balaban J connectivity index is 1.15. The summed E-state index contributed by atoms with van der Waals surface area (Å²) in [4.78, 5) is 42.5. The molecule has 0 aliphatic carbocycles. The molecule has 4 heterocycles. The summed E-state index contributed by atoms with van der Waals surface area (Å²) in [6.07, 6.45) is -13.5. The van der Waals surface area contributed by atoms with Crippen LogP contribution in [0, 0.1) is 0 Å². The summed E-state index contributed by atoms with van der Waals surface area (Å²) in [6, 6.07) is 44.2. The van der Waals surface area contributed by atoms with Crippen LogP contribution in [0.4, 0.5) is 0 Å². The Bertz CT molecular complexity index is 2460. The zero-order valence-corrected chi connectivity index (χ0v) is 39.5. The highest BCUT2D eigenvalue weighted by atomic mass is 28.4. The number of carbonyl (C=O) groups excluding carboxylic acids is 3. The van der Waals surface area contributed by atoms with Crippen molar-refractivity contribution >= 4 is 26.2 Å². The van der Waals surface area contributed by atoms with Crippen LogP contribution < -0.4 is 0 Å². The van der Waals surface area contributed by atoms with Gasteiger partial charge in [0.1, 0.15) is 36.6 Å². The fourth-order valence-electron chi connectivity index (χ4n) is 8.35. The van der Waals surface area contributed by atoms with Crippen LogP contribution in [-0.4, -0.2) is 101 Å². The van der Waals surface area contributed by atoms with E-state index in [4.69, 9.17) is 51.8 Å². The largest absolute Gasteiger partial charge is 0.450 e. The smallest absolute Gasteiger partial charge is 0.340 e.